The Labute approximate surface area is 89.6 Å². The summed E-state index contributed by atoms with van der Waals surface area (Å²) in [6.45, 7) is 4.16. The molecule has 0 saturated heterocycles. The van der Waals surface area contributed by atoms with E-state index in [-0.39, 0.29) is 5.56 Å². The van der Waals surface area contributed by atoms with Gasteiger partial charge in [0.25, 0.3) is 0 Å². The van der Waals surface area contributed by atoms with Gasteiger partial charge in [0, 0.05) is 19.3 Å². The third-order valence-electron chi connectivity index (χ3n) is 2.61. The van der Waals surface area contributed by atoms with Crippen molar-refractivity contribution in [3.05, 3.63) is 23.9 Å². The first-order valence-electron chi connectivity index (χ1n) is 4.98. The van der Waals surface area contributed by atoms with Crippen LogP contribution in [0.4, 0.5) is 5.82 Å². The van der Waals surface area contributed by atoms with E-state index in [0.717, 1.165) is 6.42 Å². The predicted molar refractivity (Wildman–Crippen MR) is 59.4 cm³/mol. The van der Waals surface area contributed by atoms with Crippen LogP contribution in [-0.2, 0) is 0 Å². The second-order valence-corrected chi connectivity index (χ2v) is 3.58. The number of hydrogen-bond acceptors (Lipinski definition) is 3. The van der Waals surface area contributed by atoms with E-state index in [1.54, 1.807) is 6.07 Å². The van der Waals surface area contributed by atoms with E-state index in [1.807, 2.05) is 11.9 Å². The van der Waals surface area contributed by atoms with Gasteiger partial charge in [0.1, 0.15) is 5.82 Å². The summed E-state index contributed by atoms with van der Waals surface area (Å²) >= 11 is 0. The van der Waals surface area contributed by atoms with Gasteiger partial charge in [0.2, 0.25) is 0 Å². The molecule has 0 spiro atoms. The van der Waals surface area contributed by atoms with Gasteiger partial charge in [-0.05, 0) is 25.5 Å². The first-order valence-corrected chi connectivity index (χ1v) is 4.98. The van der Waals surface area contributed by atoms with Crippen LogP contribution in [-0.4, -0.2) is 29.1 Å². The lowest BCUT2D eigenvalue weighted by atomic mass is 10.2. The minimum absolute atomic E-state index is 0.273. The molecule has 0 aliphatic heterocycles. The van der Waals surface area contributed by atoms with Gasteiger partial charge < -0.3 is 10.0 Å². The molecule has 0 saturated carbocycles. The number of rotatable bonds is 4. The molecule has 4 nitrogen and oxygen atoms in total. The molecule has 0 amide bonds. The van der Waals surface area contributed by atoms with Crippen LogP contribution in [0.15, 0.2) is 18.3 Å². The van der Waals surface area contributed by atoms with E-state index in [0.29, 0.717) is 11.9 Å². The fourth-order valence-electron chi connectivity index (χ4n) is 1.24. The smallest absolute Gasteiger partial charge is 0.335 e. The number of aromatic nitrogens is 1. The van der Waals surface area contributed by atoms with E-state index in [2.05, 4.69) is 18.8 Å². The maximum absolute atomic E-state index is 10.8. The lowest BCUT2D eigenvalue weighted by Crippen LogP contribution is -2.28. The first-order chi connectivity index (χ1) is 7.06. The lowest BCUT2D eigenvalue weighted by Gasteiger charge is -2.24. The predicted octanol–water partition coefficient (Wildman–Crippen LogP) is 2.01. The van der Waals surface area contributed by atoms with E-state index < -0.39 is 5.97 Å². The molecule has 1 heterocycles. The van der Waals surface area contributed by atoms with Gasteiger partial charge >= 0.3 is 5.97 Å². The van der Waals surface area contributed by atoms with E-state index in [9.17, 15) is 4.79 Å². The number of hydrogen-bond donors (Lipinski definition) is 1. The van der Waals surface area contributed by atoms with E-state index >= 15 is 0 Å². The first kappa shape index (κ1) is 11.5. The zero-order valence-corrected chi connectivity index (χ0v) is 9.27. The zero-order chi connectivity index (χ0) is 11.4. The monoisotopic (exact) mass is 208 g/mol. The Kier molecular flexibility index (Phi) is 3.66. The number of pyridine rings is 1. The summed E-state index contributed by atoms with van der Waals surface area (Å²) in [5, 5.41) is 8.84. The molecule has 82 valence electrons. The number of aromatic carboxylic acids is 1. The molecule has 0 aliphatic rings. The van der Waals surface area contributed by atoms with Crippen LogP contribution in [0.3, 0.4) is 0 Å². The van der Waals surface area contributed by atoms with Gasteiger partial charge in [-0.1, -0.05) is 6.92 Å². The maximum Gasteiger partial charge on any atom is 0.335 e. The Morgan fingerprint density at radius 1 is 1.67 bits per heavy atom. The molecule has 1 unspecified atom stereocenters. The van der Waals surface area contributed by atoms with Crippen molar-refractivity contribution in [1.82, 2.24) is 4.98 Å². The highest BCUT2D eigenvalue weighted by Gasteiger charge is 2.11. The van der Waals surface area contributed by atoms with Crippen molar-refractivity contribution >= 4 is 11.8 Å². The minimum Gasteiger partial charge on any atom is -0.478 e. The zero-order valence-electron chi connectivity index (χ0n) is 9.27. The van der Waals surface area contributed by atoms with Crippen LogP contribution in [0, 0.1) is 0 Å². The highest BCUT2D eigenvalue weighted by Crippen LogP contribution is 2.14. The Bertz CT molecular complexity index is 352. The van der Waals surface area contributed by atoms with Gasteiger partial charge in [0.15, 0.2) is 0 Å². The third kappa shape index (κ3) is 2.68. The standard InChI is InChI=1S/C11H16N2O2/c1-4-8(2)13(3)10-7-9(11(14)15)5-6-12-10/h5-8H,4H2,1-3H3,(H,14,15). The molecule has 0 bridgehead atoms. The average molecular weight is 208 g/mol. The SMILES string of the molecule is CCC(C)N(C)c1cc(C(=O)O)ccn1. The van der Waals surface area contributed by atoms with Crippen molar-refractivity contribution in [2.45, 2.75) is 26.3 Å². The van der Waals surface area contributed by atoms with Gasteiger partial charge in [-0.2, -0.15) is 0 Å². The molecule has 1 atom stereocenters. The molecule has 4 heteroatoms. The molecule has 15 heavy (non-hydrogen) atoms. The second kappa shape index (κ2) is 4.77. The van der Waals surface area contributed by atoms with Crippen LogP contribution in [0.1, 0.15) is 30.6 Å². The number of carboxylic acids is 1. The Morgan fingerprint density at radius 3 is 2.87 bits per heavy atom. The molecular formula is C11H16N2O2. The summed E-state index contributed by atoms with van der Waals surface area (Å²) in [7, 11) is 1.92. The summed E-state index contributed by atoms with van der Waals surface area (Å²) in [4.78, 5) is 16.9. The summed E-state index contributed by atoms with van der Waals surface area (Å²) in [5.41, 5.74) is 0.273. The molecule has 0 fully saturated rings. The van der Waals surface area contributed by atoms with Gasteiger partial charge in [-0.15, -0.1) is 0 Å². The van der Waals surface area contributed by atoms with Crippen LogP contribution < -0.4 is 4.90 Å². The Balaban J connectivity index is 2.94. The van der Waals surface area contributed by atoms with Crippen LogP contribution >= 0.6 is 0 Å². The molecular weight excluding hydrogens is 192 g/mol. The van der Waals surface area contributed by atoms with E-state index in [4.69, 9.17) is 5.11 Å². The topological polar surface area (TPSA) is 53.4 Å². The quantitative estimate of drug-likeness (QED) is 0.822. The number of nitrogens with zero attached hydrogens (tertiary/aromatic N) is 2. The molecule has 0 aliphatic carbocycles. The largest absolute Gasteiger partial charge is 0.478 e. The normalized spacial score (nSPS) is 12.2. The van der Waals surface area contributed by atoms with Crippen molar-refractivity contribution < 1.29 is 9.90 Å². The summed E-state index contributed by atoms with van der Waals surface area (Å²) in [6, 6.07) is 3.44. The van der Waals surface area contributed by atoms with Gasteiger partial charge in [-0.3, -0.25) is 0 Å². The van der Waals surface area contributed by atoms with Gasteiger partial charge in [0.05, 0.1) is 5.56 Å². The fraction of sp³-hybridized carbons (Fsp3) is 0.455. The second-order valence-electron chi connectivity index (χ2n) is 3.58. The highest BCUT2D eigenvalue weighted by molar-refractivity contribution is 5.88. The fourth-order valence-corrected chi connectivity index (χ4v) is 1.24. The van der Waals surface area contributed by atoms with Crippen molar-refractivity contribution in [1.29, 1.82) is 0 Å². The maximum atomic E-state index is 10.8. The Hall–Kier alpha value is -1.58. The minimum atomic E-state index is -0.920. The van der Waals surface area contributed by atoms with Crippen molar-refractivity contribution in [2.24, 2.45) is 0 Å². The molecule has 1 rings (SSSR count). The Morgan fingerprint density at radius 2 is 2.33 bits per heavy atom. The van der Waals surface area contributed by atoms with Crippen LogP contribution in [0.5, 0.6) is 0 Å². The third-order valence-corrected chi connectivity index (χ3v) is 2.61. The number of carbonyl (C=O) groups is 1. The van der Waals surface area contributed by atoms with Gasteiger partial charge in [-0.25, -0.2) is 9.78 Å². The summed E-state index contributed by atoms with van der Waals surface area (Å²) in [6.07, 6.45) is 2.52. The number of carboxylic acid groups (broad SMARTS) is 1. The average Bonchev–Trinajstić information content (AvgIpc) is 2.27. The van der Waals surface area contributed by atoms with E-state index in [1.165, 1.54) is 12.3 Å². The van der Waals surface area contributed by atoms with Crippen molar-refractivity contribution in [3.8, 4) is 0 Å². The molecule has 1 aromatic rings. The lowest BCUT2D eigenvalue weighted by molar-refractivity contribution is 0.0697. The highest BCUT2D eigenvalue weighted by atomic mass is 16.4. The van der Waals surface area contributed by atoms with Crippen LogP contribution in [0.2, 0.25) is 0 Å². The number of anilines is 1. The summed E-state index contributed by atoms with van der Waals surface area (Å²) in [5.74, 6) is -0.222. The molecule has 1 aromatic heterocycles. The molecule has 0 radical (unpaired) electrons. The van der Waals surface area contributed by atoms with Crippen LogP contribution in [0.25, 0.3) is 0 Å². The molecule has 1 N–H and O–H groups in total. The van der Waals surface area contributed by atoms with Crippen molar-refractivity contribution in [3.63, 3.8) is 0 Å². The van der Waals surface area contributed by atoms with Crippen molar-refractivity contribution in [2.75, 3.05) is 11.9 Å². The molecule has 0 aromatic carbocycles. The summed E-state index contributed by atoms with van der Waals surface area (Å²) < 4.78 is 0.